The summed E-state index contributed by atoms with van der Waals surface area (Å²) in [4.78, 5) is 35.5. The van der Waals surface area contributed by atoms with Gasteiger partial charge in [-0.05, 0) is 37.7 Å². The molecule has 2 amide bonds. The average Bonchev–Trinajstić information content (AvgIpc) is 3.15. The van der Waals surface area contributed by atoms with Crippen molar-refractivity contribution < 1.29 is 9.59 Å². The van der Waals surface area contributed by atoms with Crippen LogP contribution in [-0.4, -0.2) is 61.5 Å². The zero-order chi connectivity index (χ0) is 21.3. The molecule has 9 heteroatoms. The van der Waals surface area contributed by atoms with Gasteiger partial charge in [-0.3, -0.25) is 9.59 Å². The lowest BCUT2D eigenvalue weighted by molar-refractivity contribution is -0.117. The fraction of sp³-hybridized carbons (Fsp3) is 0.381. The molecular weight excluding hydrogens is 425 g/mol. The number of amides is 2. The number of rotatable bonds is 4. The first-order chi connectivity index (χ1) is 14.4. The Morgan fingerprint density at radius 1 is 1.07 bits per heavy atom. The van der Waals surface area contributed by atoms with Gasteiger partial charge in [0.2, 0.25) is 5.91 Å². The van der Waals surface area contributed by atoms with E-state index in [-0.39, 0.29) is 22.4 Å². The van der Waals surface area contributed by atoms with Crippen LogP contribution in [0.3, 0.4) is 0 Å². The third kappa shape index (κ3) is 4.38. The molecule has 0 spiro atoms. The number of nitrogens with one attached hydrogen (secondary N) is 1. The smallest absolute Gasteiger partial charge is 0.257 e. The molecule has 2 aromatic rings. The van der Waals surface area contributed by atoms with Crippen molar-refractivity contribution >= 4 is 52.2 Å². The van der Waals surface area contributed by atoms with E-state index in [1.54, 1.807) is 17.2 Å². The summed E-state index contributed by atoms with van der Waals surface area (Å²) in [5, 5.41) is 3.41. The van der Waals surface area contributed by atoms with Crippen molar-refractivity contribution in [2.45, 2.75) is 12.8 Å². The Bertz CT molecular complexity index is 959. The number of benzene rings is 1. The molecule has 0 radical (unpaired) electrons. The van der Waals surface area contributed by atoms with Crippen LogP contribution in [0, 0.1) is 0 Å². The lowest BCUT2D eigenvalue weighted by atomic mass is 10.1. The molecule has 30 heavy (non-hydrogen) atoms. The first kappa shape index (κ1) is 20.9. The second kappa shape index (κ2) is 8.79. The Hall–Kier alpha value is -2.35. The predicted octanol–water partition coefficient (Wildman–Crippen LogP) is 3.52. The number of hydrogen-bond donors (Lipinski definition) is 1. The molecule has 0 saturated carbocycles. The first-order valence-electron chi connectivity index (χ1n) is 9.92. The second-order valence-corrected chi connectivity index (χ2v) is 8.40. The summed E-state index contributed by atoms with van der Waals surface area (Å²) in [5.74, 6) is 0.508. The molecule has 1 N–H and O–H groups in total. The number of piperazine rings is 1. The van der Waals surface area contributed by atoms with Crippen molar-refractivity contribution in [2.75, 3.05) is 54.9 Å². The summed E-state index contributed by atoms with van der Waals surface area (Å²) in [6, 6.07) is 6.81. The van der Waals surface area contributed by atoms with E-state index in [1.165, 1.54) is 6.07 Å². The maximum absolute atomic E-state index is 12.8. The van der Waals surface area contributed by atoms with Crippen molar-refractivity contribution in [1.82, 2.24) is 9.88 Å². The van der Waals surface area contributed by atoms with Crippen LogP contribution in [0.25, 0.3) is 0 Å². The summed E-state index contributed by atoms with van der Waals surface area (Å²) in [6.45, 7) is 4.42. The molecule has 0 aliphatic carbocycles. The van der Waals surface area contributed by atoms with Gasteiger partial charge >= 0.3 is 0 Å². The Morgan fingerprint density at radius 2 is 1.83 bits per heavy atom. The first-order valence-corrected chi connectivity index (χ1v) is 10.7. The predicted molar refractivity (Wildman–Crippen MR) is 120 cm³/mol. The van der Waals surface area contributed by atoms with Crippen molar-refractivity contribution in [3.05, 3.63) is 46.1 Å². The quantitative estimate of drug-likeness (QED) is 0.776. The van der Waals surface area contributed by atoms with Gasteiger partial charge in [-0.15, -0.1) is 0 Å². The van der Waals surface area contributed by atoms with Gasteiger partial charge in [-0.25, -0.2) is 4.98 Å². The van der Waals surface area contributed by atoms with E-state index in [9.17, 15) is 9.59 Å². The summed E-state index contributed by atoms with van der Waals surface area (Å²) in [7, 11) is 2.11. The monoisotopic (exact) mass is 447 g/mol. The van der Waals surface area contributed by atoms with Gasteiger partial charge in [0.15, 0.2) is 0 Å². The highest BCUT2D eigenvalue weighted by Crippen LogP contribution is 2.34. The summed E-state index contributed by atoms with van der Waals surface area (Å²) < 4.78 is 0. The fourth-order valence-corrected chi connectivity index (χ4v) is 4.27. The SMILES string of the molecule is CN1CCN(c2ccc(NC(=O)c3cc(N4CCCC4=O)c(Cl)cc3Cl)cn2)CC1. The van der Waals surface area contributed by atoms with Gasteiger partial charge in [-0.2, -0.15) is 0 Å². The molecule has 2 aliphatic heterocycles. The van der Waals surface area contributed by atoms with Gasteiger partial charge in [0, 0.05) is 39.1 Å². The van der Waals surface area contributed by atoms with Crippen LogP contribution in [0.1, 0.15) is 23.2 Å². The van der Waals surface area contributed by atoms with Crippen LogP contribution in [-0.2, 0) is 4.79 Å². The lowest BCUT2D eigenvalue weighted by Crippen LogP contribution is -2.44. The van der Waals surface area contributed by atoms with Crippen LogP contribution >= 0.6 is 23.2 Å². The molecule has 0 atom stereocenters. The fourth-order valence-electron chi connectivity index (χ4n) is 3.70. The van der Waals surface area contributed by atoms with Crippen LogP contribution in [0.5, 0.6) is 0 Å². The lowest BCUT2D eigenvalue weighted by Gasteiger charge is -2.33. The molecule has 7 nitrogen and oxygen atoms in total. The highest BCUT2D eigenvalue weighted by molar-refractivity contribution is 6.39. The number of anilines is 3. The molecule has 4 rings (SSSR count). The van der Waals surface area contributed by atoms with E-state index in [1.807, 2.05) is 12.1 Å². The molecule has 0 bridgehead atoms. The maximum atomic E-state index is 12.8. The zero-order valence-electron chi connectivity index (χ0n) is 16.7. The molecule has 2 aliphatic rings. The van der Waals surface area contributed by atoms with Crippen LogP contribution in [0.2, 0.25) is 10.0 Å². The molecule has 2 fully saturated rings. The number of nitrogens with zero attached hydrogens (tertiary/aromatic N) is 4. The summed E-state index contributed by atoms with van der Waals surface area (Å²) in [6.07, 6.45) is 2.89. The minimum absolute atomic E-state index is 0.00530. The molecule has 158 valence electrons. The van der Waals surface area contributed by atoms with E-state index in [2.05, 4.69) is 27.1 Å². The van der Waals surface area contributed by atoms with Gasteiger partial charge < -0.3 is 20.0 Å². The van der Waals surface area contributed by atoms with Gasteiger partial charge in [0.05, 0.1) is 33.2 Å². The standard InChI is InChI=1S/C21H23Cl2N5O2/c1-26-7-9-27(10-8-26)19-5-4-14(13-24-19)25-21(30)15-11-18(17(23)12-16(15)22)28-6-2-3-20(28)29/h4-5,11-13H,2-3,6-10H2,1H3,(H,25,30). The number of hydrogen-bond acceptors (Lipinski definition) is 5. The zero-order valence-corrected chi connectivity index (χ0v) is 18.2. The van der Waals surface area contributed by atoms with Crippen LogP contribution < -0.4 is 15.1 Å². The van der Waals surface area contributed by atoms with E-state index < -0.39 is 0 Å². The van der Waals surface area contributed by atoms with Gasteiger partial charge in [-0.1, -0.05) is 23.2 Å². The Morgan fingerprint density at radius 3 is 2.47 bits per heavy atom. The summed E-state index contributed by atoms with van der Waals surface area (Å²) in [5.41, 5.74) is 1.35. The van der Waals surface area contributed by atoms with Crippen molar-refractivity contribution in [1.29, 1.82) is 0 Å². The largest absolute Gasteiger partial charge is 0.354 e. The second-order valence-electron chi connectivity index (χ2n) is 7.58. The summed E-state index contributed by atoms with van der Waals surface area (Å²) >= 11 is 12.6. The van der Waals surface area contributed by atoms with Crippen molar-refractivity contribution in [2.24, 2.45) is 0 Å². The van der Waals surface area contributed by atoms with Gasteiger partial charge in [0.1, 0.15) is 5.82 Å². The minimum Gasteiger partial charge on any atom is -0.354 e. The molecule has 3 heterocycles. The molecule has 0 unspecified atom stereocenters. The number of halogens is 2. The molecule has 2 saturated heterocycles. The Balaban J connectivity index is 1.49. The number of pyridine rings is 1. The maximum Gasteiger partial charge on any atom is 0.257 e. The normalized spacial score (nSPS) is 17.5. The average molecular weight is 448 g/mol. The van der Waals surface area contributed by atoms with Crippen LogP contribution in [0.15, 0.2) is 30.5 Å². The minimum atomic E-state index is -0.376. The number of carbonyl (C=O) groups excluding carboxylic acids is 2. The highest BCUT2D eigenvalue weighted by Gasteiger charge is 2.26. The number of carbonyl (C=O) groups is 2. The van der Waals surface area contributed by atoms with E-state index in [4.69, 9.17) is 23.2 Å². The topological polar surface area (TPSA) is 68.8 Å². The Labute approximate surface area is 185 Å². The van der Waals surface area contributed by atoms with Crippen LogP contribution in [0.4, 0.5) is 17.2 Å². The number of aromatic nitrogens is 1. The highest BCUT2D eigenvalue weighted by atomic mass is 35.5. The third-order valence-electron chi connectivity index (χ3n) is 5.48. The van der Waals surface area contributed by atoms with E-state index in [0.29, 0.717) is 29.4 Å². The van der Waals surface area contributed by atoms with Crippen molar-refractivity contribution in [3.63, 3.8) is 0 Å². The third-order valence-corrected chi connectivity index (χ3v) is 6.09. The van der Waals surface area contributed by atoms with E-state index >= 15 is 0 Å². The molecule has 1 aromatic carbocycles. The molecule has 1 aromatic heterocycles. The number of likely N-dealkylation sites (N-methyl/N-ethyl adjacent to an activating group) is 1. The van der Waals surface area contributed by atoms with E-state index in [0.717, 1.165) is 38.4 Å². The Kier molecular flexibility index (Phi) is 6.13. The van der Waals surface area contributed by atoms with Gasteiger partial charge in [0.25, 0.3) is 5.91 Å². The van der Waals surface area contributed by atoms with Crippen molar-refractivity contribution in [3.8, 4) is 0 Å². The molecular formula is C21H23Cl2N5O2.